The fraction of sp³-hybridized carbons (Fsp3) is 0.125. The average molecular weight is 432 g/mol. The van der Waals surface area contributed by atoms with Crippen molar-refractivity contribution in [3.63, 3.8) is 0 Å². The fourth-order valence-corrected chi connectivity index (χ4v) is 2.64. The van der Waals surface area contributed by atoms with E-state index in [0.717, 1.165) is 4.47 Å². The molecule has 2 N–H and O–H groups in total. The first-order valence-electron chi connectivity index (χ1n) is 6.85. The third kappa shape index (κ3) is 5.40. The average Bonchev–Trinajstić information content (AvgIpc) is 2.54. The molecule has 0 aliphatic carbocycles. The molecule has 2 aromatic carbocycles. The van der Waals surface area contributed by atoms with Gasteiger partial charge < -0.3 is 15.4 Å². The van der Waals surface area contributed by atoms with Gasteiger partial charge in [0.15, 0.2) is 12.4 Å². The van der Waals surface area contributed by atoms with Crippen LogP contribution in [-0.4, -0.2) is 25.0 Å². The highest BCUT2D eigenvalue weighted by Crippen LogP contribution is 2.32. The molecule has 0 saturated carbocycles. The van der Waals surface area contributed by atoms with Crippen molar-refractivity contribution in [2.45, 2.75) is 0 Å². The van der Waals surface area contributed by atoms with Crippen LogP contribution in [0.25, 0.3) is 0 Å². The van der Waals surface area contributed by atoms with Gasteiger partial charge in [-0.05, 0) is 40.2 Å². The molecule has 0 atom stereocenters. The number of para-hydroxylation sites is 2. The summed E-state index contributed by atoms with van der Waals surface area (Å²) in [6.07, 6.45) is 0. The van der Waals surface area contributed by atoms with Crippen LogP contribution < -0.4 is 15.4 Å². The maximum absolute atomic E-state index is 11.8. The molecule has 0 unspecified atom stereocenters. The molecule has 0 bridgehead atoms. The van der Waals surface area contributed by atoms with Crippen LogP contribution in [0.4, 0.5) is 5.69 Å². The quantitative estimate of drug-likeness (QED) is 0.728. The van der Waals surface area contributed by atoms with Crippen molar-refractivity contribution >= 4 is 56.6 Å². The Hall–Kier alpha value is -1.76. The van der Waals surface area contributed by atoms with Gasteiger partial charge in [-0.3, -0.25) is 9.59 Å². The third-order valence-electron chi connectivity index (χ3n) is 2.86. The number of ether oxygens (including phenoxy) is 1. The first-order chi connectivity index (χ1) is 11.5. The molecule has 2 rings (SSSR count). The molecule has 2 aromatic rings. The molecule has 24 heavy (non-hydrogen) atoms. The van der Waals surface area contributed by atoms with Gasteiger partial charge in [-0.1, -0.05) is 41.4 Å². The van der Waals surface area contributed by atoms with Crippen LogP contribution in [0.3, 0.4) is 0 Å². The molecule has 0 aromatic heterocycles. The lowest BCUT2D eigenvalue weighted by Crippen LogP contribution is -2.35. The minimum Gasteiger partial charge on any atom is -0.481 e. The minimum atomic E-state index is -0.465. The number of halogens is 3. The normalized spacial score (nSPS) is 10.1. The molecule has 5 nitrogen and oxygen atoms in total. The summed E-state index contributed by atoms with van der Waals surface area (Å²) in [5.41, 5.74) is 0.621. The van der Waals surface area contributed by atoms with E-state index in [1.54, 1.807) is 36.4 Å². The highest BCUT2D eigenvalue weighted by Gasteiger charge is 2.11. The zero-order chi connectivity index (χ0) is 17.5. The van der Waals surface area contributed by atoms with Crippen molar-refractivity contribution < 1.29 is 14.3 Å². The Labute approximate surface area is 157 Å². The summed E-state index contributed by atoms with van der Waals surface area (Å²) in [4.78, 5) is 23.6. The lowest BCUT2D eigenvalue weighted by atomic mass is 10.3. The zero-order valence-corrected chi connectivity index (χ0v) is 15.4. The van der Waals surface area contributed by atoms with Crippen LogP contribution in [0.1, 0.15) is 0 Å². The Kier molecular flexibility index (Phi) is 6.90. The van der Waals surface area contributed by atoms with Crippen molar-refractivity contribution in [3.05, 3.63) is 57.0 Å². The summed E-state index contributed by atoms with van der Waals surface area (Å²) in [7, 11) is 0. The maximum atomic E-state index is 11.8. The van der Waals surface area contributed by atoms with E-state index >= 15 is 0 Å². The Morgan fingerprint density at radius 3 is 2.33 bits per heavy atom. The van der Waals surface area contributed by atoms with Crippen LogP contribution in [-0.2, 0) is 9.59 Å². The van der Waals surface area contributed by atoms with E-state index in [2.05, 4.69) is 26.6 Å². The molecular weight excluding hydrogens is 419 g/mol. The second kappa shape index (κ2) is 8.92. The van der Waals surface area contributed by atoms with Gasteiger partial charge in [0, 0.05) is 4.47 Å². The van der Waals surface area contributed by atoms with Gasteiger partial charge in [0.25, 0.3) is 5.91 Å². The summed E-state index contributed by atoms with van der Waals surface area (Å²) in [6.45, 7) is -0.481. The number of rotatable bonds is 6. The third-order valence-corrected chi connectivity index (χ3v) is 4.15. The van der Waals surface area contributed by atoms with Crippen LogP contribution in [0.2, 0.25) is 10.0 Å². The predicted molar refractivity (Wildman–Crippen MR) is 97.7 cm³/mol. The van der Waals surface area contributed by atoms with E-state index in [4.69, 9.17) is 27.9 Å². The smallest absolute Gasteiger partial charge is 0.258 e. The monoisotopic (exact) mass is 430 g/mol. The second-order valence-corrected chi connectivity index (χ2v) is 6.31. The summed E-state index contributed by atoms with van der Waals surface area (Å²) < 4.78 is 6.04. The van der Waals surface area contributed by atoms with Gasteiger partial charge in [-0.15, -0.1) is 0 Å². The number of amides is 2. The Morgan fingerprint density at radius 1 is 1.00 bits per heavy atom. The van der Waals surface area contributed by atoms with E-state index in [9.17, 15) is 9.59 Å². The first kappa shape index (κ1) is 18.6. The molecule has 0 saturated heterocycles. The second-order valence-electron chi connectivity index (χ2n) is 4.64. The summed E-state index contributed by atoms with van der Waals surface area (Å²) in [5.74, 6) is -0.590. The number of carbonyl (C=O) groups is 2. The maximum Gasteiger partial charge on any atom is 0.258 e. The van der Waals surface area contributed by atoms with Crippen molar-refractivity contribution in [2.24, 2.45) is 0 Å². The molecule has 0 heterocycles. The predicted octanol–water partition coefficient (Wildman–Crippen LogP) is 3.89. The highest BCUT2D eigenvalue weighted by atomic mass is 79.9. The number of anilines is 1. The number of hydrogen-bond donors (Lipinski definition) is 2. The Morgan fingerprint density at radius 2 is 1.67 bits per heavy atom. The van der Waals surface area contributed by atoms with Crippen molar-refractivity contribution in [3.8, 4) is 5.75 Å². The van der Waals surface area contributed by atoms with Gasteiger partial charge in [0.05, 0.1) is 22.3 Å². The summed E-state index contributed by atoms with van der Waals surface area (Å²) in [6, 6.07) is 12.0. The number of nitrogens with one attached hydrogen (secondary N) is 2. The zero-order valence-electron chi connectivity index (χ0n) is 12.3. The molecular formula is C16H13BrCl2N2O3. The Bertz CT molecular complexity index is 736. The number of carbonyl (C=O) groups excluding carboxylic acids is 2. The molecule has 0 fully saturated rings. The van der Waals surface area contributed by atoms with Gasteiger partial charge in [0.1, 0.15) is 0 Å². The standard InChI is InChI=1S/C16H13BrCl2N2O3/c17-10-4-1-2-7-13(10)21-14(22)8-20-15(23)9-24-16-11(18)5-3-6-12(16)19/h1-7H,8-9H2,(H,20,23)(H,21,22). The molecule has 2 amide bonds. The SMILES string of the molecule is O=C(COc1c(Cl)cccc1Cl)NCC(=O)Nc1ccccc1Br. The van der Waals surface area contributed by atoms with Crippen LogP contribution in [0.15, 0.2) is 46.9 Å². The van der Waals surface area contributed by atoms with Crippen molar-refractivity contribution in [2.75, 3.05) is 18.5 Å². The van der Waals surface area contributed by atoms with E-state index in [-0.39, 0.29) is 24.8 Å². The summed E-state index contributed by atoms with van der Waals surface area (Å²) in [5, 5.41) is 5.74. The first-order valence-corrected chi connectivity index (χ1v) is 8.40. The van der Waals surface area contributed by atoms with Gasteiger partial charge in [-0.2, -0.15) is 0 Å². The molecule has 0 radical (unpaired) electrons. The van der Waals surface area contributed by atoms with E-state index < -0.39 is 5.91 Å². The highest BCUT2D eigenvalue weighted by molar-refractivity contribution is 9.10. The van der Waals surface area contributed by atoms with Crippen LogP contribution in [0.5, 0.6) is 5.75 Å². The van der Waals surface area contributed by atoms with Crippen LogP contribution >= 0.6 is 39.1 Å². The summed E-state index contributed by atoms with van der Waals surface area (Å²) >= 11 is 15.2. The molecule has 0 aliphatic rings. The van der Waals surface area contributed by atoms with Gasteiger partial charge in [0.2, 0.25) is 5.91 Å². The number of benzene rings is 2. The van der Waals surface area contributed by atoms with Crippen molar-refractivity contribution in [1.29, 1.82) is 0 Å². The van der Waals surface area contributed by atoms with Crippen LogP contribution in [0, 0.1) is 0 Å². The topological polar surface area (TPSA) is 67.4 Å². The minimum absolute atomic E-state index is 0.181. The fourth-order valence-electron chi connectivity index (χ4n) is 1.75. The van der Waals surface area contributed by atoms with Crippen molar-refractivity contribution in [1.82, 2.24) is 5.32 Å². The van der Waals surface area contributed by atoms with E-state index in [1.807, 2.05) is 6.07 Å². The molecule has 0 aliphatic heterocycles. The van der Waals surface area contributed by atoms with Gasteiger partial charge >= 0.3 is 0 Å². The number of hydrogen-bond acceptors (Lipinski definition) is 3. The Balaban J connectivity index is 1.79. The molecule has 8 heteroatoms. The van der Waals surface area contributed by atoms with E-state index in [0.29, 0.717) is 15.7 Å². The molecule has 126 valence electrons. The van der Waals surface area contributed by atoms with Gasteiger partial charge in [-0.25, -0.2) is 0 Å². The lowest BCUT2D eigenvalue weighted by molar-refractivity contribution is -0.125. The van der Waals surface area contributed by atoms with E-state index in [1.165, 1.54) is 0 Å². The molecule has 0 spiro atoms. The largest absolute Gasteiger partial charge is 0.481 e. The lowest BCUT2D eigenvalue weighted by Gasteiger charge is -2.10.